The molecule has 162 valence electrons. The molecule has 2 aromatic heterocycles. The third kappa shape index (κ3) is 3.99. The summed E-state index contributed by atoms with van der Waals surface area (Å²) in [6, 6.07) is 19.8. The van der Waals surface area contributed by atoms with E-state index in [0.29, 0.717) is 38.5 Å². The van der Waals surface area contributed by atoms with Crippen LogP contribution in [-0.2, 0) is 0 Å². The lowest BCUT2D eigenvalue weighted by Crippen LogP contribution is -2.14. The molecule has 33 heavy (non-hydrogen) atoms. The van der Waals surface area contributed by atoms with Crippen LogP contribution in [0.3, 0.4) is 0 Å². The lowest BCUT2D eigenvalue weighted by molar-refractivity contribution is 0.102. The first kappa shape index (κ1) is 20.6. The maximum absolute atomic E-state index is 13.2. The van der Waals surface area contributed by atoms with Crippen molar-refractivity contribution in [1.29, 1.82) is 0 Å². The number of hydrogen-bond acceptors (Lipinski definition) is 5. The molecule has 3 N–H and O–H groups in total. The van der Waals surface area contributed by atoms with Crippen LogP contribution < -0.4 is 11.1 Å². The van der Waals surface area contributed by atoms with Gasteiger partial charge in [0.15, 0.2) is 5.65 Å². The molecule has 0 fully saturated rings. The minimum Gasteiger partial charge on any atom is -0.383 e. The van der Waals surface area contributed by atoms with Crippen molar-refractivity contribution in [3.05, 3.63) is 94.8 Å². The van der Waals surface area contributed by atoms with E-state index in [1.54, 1.807) is 42.5 Å². The molecule has 5 aromatic rings. The second-order valence-corrected chi connectivity index (χ2v) is 7.65. The highest BCUT2D eigenvalue weighted by molar-refractivity contribution is 6.30. The molecular formula is C24H16ClFN6O. The molecule has 0 aliphatic carbocycles. The van der Waals surface area contributed by atoms with Gasteiger partial charge in [0.1, 0.15) is 22.7 Å². The van der Waals surface area contributed by atoms with E-state index in [-0.39, 0.29) is 17.2 Å². The van der Waals surface area contributed by atoms with E-state index in [4.69, 9.17) is 17.3 Å². The number of nitrogens with two attached hydrogens (primary N) is 1. The first-order valence-corrected chi connectivity index (χ1v) is 10.3. The van der Waals surface area contributed by atoms with E-state index in [1.165, 1.54) is 23.0 Å². The Labute approximate surface area is 192 Å². The van der Waals surface area contributed by atoms with Gasteiger partial charge in [-0.15, -0.1) is 0 Å². The van der Waals surface area contributed by atoms with Crippen LogP contribution in [-0.4, -0.2) is 26.8 Å². The molecule has 1 amide bonds. The maximum atomic E-state index is 13.2. The van der Waals surface area contributed by atoms with Crippen molar-refractivity contribution in [2.45, 2.75) is 0 Å². The second-order valence-electron chi connectivity index (χ2n) is 7.21. The molecule has 0 aliphatic heterocycles. The number of amides is 1. The topological polar surface area (TPSA) is 98.2 Å². The molecule has 5 rings (SSSR count). The van der Waals surface area contributed by atoms with E-state index in [2.05, 4.69) is 20.4 Å². The van der Waals surface area contributed by atoms with Crippen LogP contribution in [0.25, 0.3) is 22.2 Å². The van der Waals surface area contributed by atoms with Crippen LogP contribution in [0.4, 0.5) is 15.9 Å². The number of anilines is 2. The Morgan fingerprint density at radius 1 is 1.00 bits per heavy atom. The van der Waals surface area contributed by atoms with Crippen LogP contribution in [0, 0.1) is 5.82 Å². The first-order chi connectivity index (χ1) is 16.0. The lowest BCUT2D eigenvalue weighted by Gasteiger charge is -2.05. The summed E-state index contributed by atoms with van der Waals surface area (Å²) >= 11 is 5.93. The van der Waals surface area contributed by atoms with Gasteiger partial charge >= 0.3 is 0 Å². The van der Waals surface area contributed by atoms with Crippen molar-refractivity contribution < 1.29 is 9.18 Å². The molecule has 0 aliphatic rings. The third-order valence-corrected chi connectivity index (χ3v) is 5.25. The average molecular weight is 459 g/mol. The summed E-state index contributed by atoms with van der Waals surface area (Å²) < 4.78 is 14.6. The summed E-state index contributed by atoms with van der Waals surface area (Å²) in [6.45, 7) is 0. The van der Waals surface area contributed by atoms with Gasteiger partial charge in [-0.2, -0.15) is 9.78 Å². The smallest absolute Gasteiger partial charge is 0.261 e. The molecule has 0 saturated carbocycles. The number of carbonyl (C=O) groups excluding carboxylic acids is 1. The number of aromatic nitrogens is 3. The van der Waals surface area contributed by atoms with Crippen LogP contribution in [0.1, 0.15) is 15.9 Å². The molecule has 9 heteroatoms. The Balaban J connectivity index is 1.65. The number of fused-ring (bicyclic) bond motifs is 2. The molecular weight excluding hydrogens is 443 g/mol. The van der Waals surface area contributed by atoms with Gasteiger partial charge in [-0.05, 0) is 54.1 Å². The summed E-state index contributed by atoms with van der Waals surface area (Å²) in [4.78, 5) is 22.5. The molecule has 0 spiro atoms. The number of nitrogen functional groups attached to an aromatic ring is 1. The van der Waals surface area contributed by atoms with Gasteiger partial charge in [-0.3, -0.25) is 4.79 Å². The summed E-state index contributed by atoms with van der Waals surface area (Å²) in [5, 5.41) is 7.77. The van der Waals surface area contributed by atoms with Crippen molar-refractivity contribution in [2.24, 2.45) is 5.10 Å². The van der Waals surface area contributed by atoms with Gasteiger partial charge in [-0.25, -0.2) is 14.4 Å². The van der Waals surface area contributed by atoms with Gasteiger partial charge in [0, 0.05) is 10.7 Å². The van der Waals surface area contributed by atoms with Gasteiger partial charge in [0.2, 0.25) is 0 Å². The minimum absolute atomic E-state index is 0.0742. The molecule has 0 radical (unpaired) electrons. The monoisotopic (exact) mass is 458 g/mol. The van der Waals surface area contributed by atoms with E-state index in [9.17, 15) is 9.18 Å². The average Bonchev–Trinajstić information content (AvgIpc) is 3.09. The van der Waals surface area contributed by atoms with Crippen molar-refractivity contribution in [3.8, 4) is 0 Å². The Morgan fingerprint density at radius 3 is 2.36 bits per heavy atom. The fourth-order valence-corrected chi connectivity index (χ4v) is 3.51. The standard InChI is InChI=1S/C24H16ClFN6O/c25-15-7-11-17(12-8-15)29-24(33)20-21-23(31-19-4-2-1-3-18(19)30-21)32(22(20)27)28-13-14-5-9-16(26)10-6-14/h1-13H,27H2,(H,29,33)/b28-13-. The Kier molecular flexibility index (Phi) is 5.20. The van der Waals surface area contributed by atoms with E-state index in [0.717, 1.165) is 0 Å². The number of nitrogens with zero attached hydrogens (tertiary/aromatic N) is 4. The highest BCUT2D eigenvalue weighted by Crippen LogP contribution is 2.29. The molecule has 2 heterocycles. The maximum Gasteiger partial charge on any atom is 0.261 e. The summed E-state index contributed by atoms with van der Waals surface area (Å²) in [5.41, 5.74) is 9.61. The van der Waals surface area contributed by atoms with E-state index >= 15 is 0 Å². The van der Waals surface area contributed by atoms with Crippen LogP contribution >= 0.6 is 11.6 Å². The minimum atomic E-state index is -0.458. The van der Waals surface area contributed by atoms with Gasteiger partial charge in [-0.1, -0.05) is 35.9 Å². The highest BCUT2D eigenvalue weighted by atomic mass is 35.5. The zero-order valence-electron chi connectivity index (χ0n) is 17.0. The number of benzene rings is 3. The summed E-state index contributed by atoms with van der Waals surface area (Å²) in [7, 11) is 0. The number of carbonyl (C=O) groups is 1. The quantitative estimate of drug-likeness (QED) is 0.366. The van der Waals surface area contributed by atoms with E-state index in [1.807, 2.05) is 18.2 Å². The molecule has 0 atom stereocenters. The van der Waals surface area contributed by atoms with E-state index < -0.39 is 5.91 Å². The number of para-hydroxylation sites is 2. The van der Waals surface area contributed by atoms with Gasteiger partial charge < -0.3 is 11.1 Å². The third-order valence-electron chi connectivity index (χ3n) is 5.00. The molecule has 0 bridgehead atoms. The fourth-order valence-electron chi connectivity index (χ4n) is 3.39. The largest absolute Gasteiger partial charge is 0.383 e. The summed E-state index contributed by atoms with van der Waals surface area (Å²) in [5.74, 6) is -0.734. The Hall–Kier alpha value is -4.30. The Bertz CT molecular complexity index is 1530. The lowest BCUT2D eigenvalue weighted by atomic mass is 10.2. The van der Waals surface area contributed by atoms with Crippen LogP contribution in [0.2, 0.25) is 5.02 Å². The second kappa shape index (κ2) is 8.33. The van der Waals surface area contributed by atoms with Crippen LogP contribution in [0.5, 0.6) is 0 Å². The first-order valence-electron chi connectivity index (χ1n) is 9.93. The van der Waals surface area contributed by atoms with Crippen molar-refractivity contribution in [3.63, 3.8) is 0 Å². The SMILES string of the molecule is Nc1c(C(=O)Nc2ccc(Cl)cc2)c2nc3ccccc3nc2n1/N=C\c1ccc(F)cc1. The fraction of sp³-hybridized carbons (Fsp3) is 0. The predicted octanol–water partition coefficient (Wildman–Crippen LogP) is 5.09. The summed E-state index contributed by atoms with van der Waals surface area (Å²) in [6.07, 6.45) is 1.51. The molecule has 0 saturated heterocycles. The van der Waals surface area contributed by atoms with Gasteiger partial charge in [0.05, 0.1) is 17.2 Å². The normalized spacial score (nSPS) is 11.5. The number of hydrogen-bond donors (Lipinski definition) is 2. The van der Waals surface area contributed by atoms with Crippen molar-refractivity contribution in [1.82, 2.24) is 14.6 Å². The zero-order valence-corrected chi connectivity index (χ0v) is 17.8. The molecule has 0 unspecified atom stereocenters. The van der Waals surface area contributed by atoms with Crippen molar-refractivity contribution >= 4 is 57.4 Å². The number of halogens is 2. The number of rotatable bonds is 4. The highest BCUT2D eigenvalue weighted by Gasteiger charge is 2.24. The van der Waals surface area contributed by atoms with Gasteiger partial charge in [0.25, 0.3) is 5.91 Å². The molecule has 3 aromatic carbocycles. The predicted molar refractivity (Wildman–Crippen MR) is 128 cm³/mol. The molecule has 7 nitrogen and oxygen atoms in total. The zero-order chi connectivity index (χ0) is 22.9. The van der Waals surface area contributed by atoms with Crippen LogP contribution in [0.15, 0.2) is 77.9 Å². The van der Waals surface area contributed by atoms with Crippen molar-refractivity contribution in [2.75, 3.05) is 11.1 Å². The Morgan fingerprint density at radius 2 is 1.67 bits per heavy atom. The number of nitrogens with one attached hydrogen (secondary N) is 1.